The molecule has 0 radical (unpaired) electrons. The molecule has 2 N–H and O–H groups in total. The molecule has 1 unspecified atom stereocenters. The number of hydrogen-bond acceptors (Lipinski definition) is 4. The van der Waals surface area contributed by atoms with Gasteiger partial charge >= 0.3 is 0 Å². The van der Waals surface area contributed by atoms with Gasteiger partial charge in [-0.05, 0) is 17.4 Å². The van der Waals surface area contributed by atoms with Crippen molar-refractivity contribution >= 4 is 5.95 Å². The molecule has 3 rings (SSSR count). The fourth-order valence-corrected chi connectivity index (χ4v) is 3.36. The lowest BCUT2D eigenvalue weighted by molar-refractivity contribution is 0.0505. The summed E-state index contributed by atoms with van der Waals surface area (Å²) in [6.07, 6.45) is 2.83. The zero-order chi connectivity index (χ0) is 14.9. The van der Waals surface area contributed by atoms with E-state index in [-0.39, 0.29) is 5.41 Å². The topological polar surface area (TPSA) is 60.0 Å². The third-order valence-corrected chi connectivity index (χ3v) is 4.35. The summed E-state index contributed by atoms with van der Waals surface area (Å²) in [5.41, 5.74) is 7.17. The van der Waals surface area contributed by atoms with E-state index < -0.39 is 0 Å². The maximum Gasteiger partial charge on any atom is 0.239 e. The van der Waals surface area contributed by atoms with Crippen molar-refractivity contribution in [2.45, 2.75) is 32.9 Å². The minimum Gasteiger partial charge on any atom is -0.367 e. The molecule has 0 bridgehead atoms. The van der Waals surface area contributed by atoms with Crippen LogP contribution in [0.3, 0.4) is 0 Å². The average Bonchev–Trinajstić information content (AvgIpc) is 2.85. The Kier molecular flexibility index (Phi) is 3.68. The predicted octanol–water partition coefficient (Wildman–Crippen LogP) is 2.33. The van der Waals surface area contributed by atoms with Gasteiger partial charge in [-0.25, -0.2) is 9.67 Å². The van der Waals surface area contributed by atoms with Crippen molar-refractivity contribution in [2.75, 3.05) is 18.8 Å². The molecule has 5 heteroatoms. The summed E-state index contributed by atoms with van der Waals surface area (Å²) in [6, 6.07) is 11.0. The third kappa shape index (κ3) is 3.08. The number of nitrogens with two attached hydrogens (primary N) is 1. The van der Waals surface area contributed by atoms with Crippen LogP contribution in [0.25, 0.3) is 0 Å². The Morgan fingerprint density at radius 2 is 2.05 bits per heavy atom. The van der Waals surface area contributed by atoms with Crippen LogP contribution in [-0.2, 0) is 6.54 Å². The Bertz CT molecular complexity index is 590. The first-order valence-corrected chi connectivity index (χ1v) is 7.47. The molecule has 2 heterocycles. The average molecular weight is 285 g/mol. The molecule has 1 aromatic carbocycles. The number of nitrogens with zero attached hydrogens (tertiary/aromatic N) is 4. The van der Waals surface area contributed by atoms with Crippen LogP contribution in [0.15, 0.2) is 36.7 Å². The highest BCUT2D eigenvalue weighted by molar-refractivity contribution is 5.15. The van der Waals surface area contributed by atoms with Gasteiger partial charge < -0.3 is 5.73 Å². The van der Waals surface area contributed by atoms with Crippen molar-refractivity contribution < 1.29 is 0 Å². The van der Waals surface area contributed by atoms with Crippen molar-refractivity contribution in [3.63, 3.8) is 0 Å². The zero-order valence-electron chi connectivity index (χ0n) is 12.7. The fourth-order valence-electron chi connectivity index (χ4n) is 3.36. The second kappa shape index (κ2) is 5.48. The van der Waals surface area contributed by atoms with Gasteiger partial charge in [0.2, 0.25) is 5.95 Å². The first-order valence-electron chi connectivity index (χ1n) is 7.47. The van der Waals surface area contributed by atoms with Crippen LogP contribution in [0, 0.1) is 5.41 Å². The summed E-state index contributed by atoms with van der Waals surface area (Å²) in [5, 5.41) is 4.30. The molecule has 1 aromatic heterocycles. The summed E-state index contributed by atoms with van der Waals surface area (Å²) in [6.45, 7) is 7.73. The molecule has 0 spiro atoms. The summed E-state index contributed by atoms with van der Waals surface area (Å²) >= 11 is 0. The highest BCUT2D eigenvalue weighted by Gasteiger charge is 2.37. The third-order valence-electron chi connectivity index (χ3n) is 4.35. The SMILES string of the molecule is CC1(C)CN(Cc2ccccc2)CCC1n1cnc(N)n1. The minimum absolute atomic E-state index is 0.146. The Hall–Kier alpha value is -1.88. The van der Waals surface area contributed by atoms with Crippen LogP contribution >= 0.6 is 0 Å². The highest BCUT2D eigenvalue weighted by Crippen LogP contribution is 2.38. The molecule has 0 amide bonds. The van der Waals surface area contributed by atoms with E-state index in [1.165, 1.54) is 5.56 Å². The summed E-state index contributed by atoms with van der Waals surface area (Å²) in [7, 11) is 0. The second-order valence-electron chi connectivity index (χ2n) is 6.57. The molecule has 1 atom stereocenters. The first-order chi connectivity index (χ1) is 10.0. The normalized spacial score (nSPS) is 22.3. The predicted molar refractivity (Wildman–Crippen MR) is 83.6 cm³/mol. The number of benzene rings is 1. The molecule has 0 saturated carbocycles. The molecule has 1 fully saturated rings. The van der Waals surface area contributed by atoms with Crippen molar-refractivity contribution in [3.05, 3.63) is 42.2 Å². The van der Waals surface area contributed by atoms with Gasteiger partial charge in [-0.2, -0.15) is 0 Å². The van der Waals surface area contributed by atoms with E-state index in [0.29, 0.717) is 12.0 Å². The summed E-state index contributed by atoms with van der Waals surface area (Å²) in [4.78, 5) is 6.58. The highest BCUT2D eigenvalue weighted by atomic mass is 15.4. The van der Waals surface area contributed by atoms with Gasteiger partial charge in [0.05, 0.1) is 6.04 Å². The van der Waals surface area contributed by atoms with Gasteiger partial charge in [0.25, 0.3) is 0 Å². The number of nitrogen functional groups attached to an aromatic ring is 1. The largest absolute Gasteiger partial charge is 0.367 e. The number of likely N-dealkylation sites (tertiary alicyclic amines) is 1. The van der Waals surface area contributed by atoms with E-state index in [9.17, 15) is 0 Å². The quantitative estimate of drug-likeness (QED) is 0.940. The van der Waals surface area contributed by atoms with E-state index in [4.69, 9.17) is 5.73 Å². The van der Waals surface area contributed by atoms with Crippen molar-refractivity contribution in [3.8, 4) is 0 Å². The molecule has 1 aliphatic heterocycles. The van der Waals surface area contributed by atoms with Crippen LogP contribution in [-0.4, -0.2) is 32.8 Å². The fraction of sp³-hybridized carbons (Fsp3) is 0.500. The number of anilines is 1. The Morgan fingerprint density at radius 3 is 2.67 bits per heavy atom. The molecule has 5 nitrogen and oxygen atoms in total. The van der Waals surface area contributed by atoms with Gasteiger partial charge in [0.1, 0.15) is 6.33 Å². The molecular weight excluding hydrogens is 262 g/mol. The lowest BCUT2D eigenvalue weighted by Gasteiger charge is -2.44. The van der Waals surface area contributed by atoms with Gasteiger partial charge in [-0.15, -0.1) is 5.10 Å². The second-order valence-corrected chi connectivity index (χ2v) is 6.57. The molecule has 1 saturated heterocycles. The number of aromatic nitrogens is 3. The van der Waals surface area contributed by atoms with Crippen molar-refractivity contribution in [1.29, 1.82) is 0 Å². The maximum absolute atomic E-state index is 5.65. The van der Waals surface area contributed by atoms with E-state index in [0.717, 1.165) is 26.1 Å². The molecule has 21 heavy (non-hydrogen) atoms. The number of hydrogen-bond donors (Lipinski definition) is 1. The summed E-state index contributed by atoms with van der Waals surface area (Å²) in [5.74, 6) is 0.359. The smallest absolute Gasteiger partial charge is 0.239 e. The van der Waals surface area contributed by atoms with Gasteiger partial charge in [0, 0.05) is 19.6 Å². The van der Waals surface area contributed by atoms with E-state index in [2.05, 4.69) is 59.2 Å². The number of rotatable bonds is 3. The molecule has 112 valence electrons. The molecule has 2 aromatic rings. The van der Waals surface area contributed by atoms with Crippen molar-refractivity contribution in [2.24, 2.45) is 5.41 Å². The van der Waals surface area contributed by atoms with Crippen LogP contribution in [0.4, 0.5) is 5.95 Å². The molecular formula is C16H23N5. The van der Waals surface area contributed by atoms with Crippen LogP contribution in [0.5, 0.6) is 0 Å². The molecule has 0 aliphatic carbocycles. The first kappa shape index (κ1) is 14.1. The van der Waals surface area contributed by atoms with Gasteiger partial charge in [-0.3, -0.25) is 4.90 Å². The van der Waals surface area contributed by atoms with Crippen LogP contribution in [0.1, 0.15) is 31.9 Å². The van der Waals surface area contributed by atoms with Crippen LogP contribution in [0.2, 0.25) is 0 Å². The van der Waals surface area contributed by atoms with Crippen molar-refractivity contribution in [1.82, 2.24) is 19.7 Å². The number of piperidine rings is 1. The van der Waals surface area contributed by atoms with Gasteiger partial charge in [-0.1, -0.05) is 44.2 Å². The lowest BCUT2D eigenvalue weighted by atomic mass is 9.79. The van der Waals surface area contributed by atoms with Crippen LogP contribution < -0.4 is 5.73 Å². The monoisotopic (exact) mass is 285 g/mol. The van der Waals surface area contributed by atoms with E-state index in [1.54, 1.807) is 6.33 Å². The standard InChI is InChI=1S/C16H23N5/c1-16(2)11-20(10-13-6-4-3-5-7-13)9-8-14(16)21-12-18-15(17)19-21/h3-7,12,14H,8-11H2,1-2H3,(H2,17,19). The maximum atomic E-state index is 5.65. The van der Waals surface area contributed by atoms with E-state index in [1.807, 2.05) is 4.68 Å². The van der Waals surface area contributed by atoms with Gasteiger partial charge in [0.15, 0.2) is 0 Å². The Labute approximate surface area is 125 Å². The molecule has 1 aliphatic rings. The summed E-state index contributed by atoms with van der Waals surface area (Å²) < 4.78 is 1.94. The minimum atomic E-state index is 0.146. The Morgan fingerprint density at radius 1 is 1.29 bits per heavy atom. The Balaban J connectivity index is 1.70. The van der Waals surface area contributed by atoms with E-state index >= 15 is 0 Å². The lowest BCUT2D eigenvalue weighted by Crippen LogP contribution is -2.46. The zero-order valence-corrected chi connectivity index (χ0v) is 12.7.